The highest BCUT2D eigenvalue weighted by atomic mass is 16.3. The number of hydrogen-bond acceptors (Lipinski definition) is 4. The highest BCUT2D eigenvalue weighted by Gasteiger charge is 2.26. The van der Waals surface area contributed by atoms with Crippen molar-refractivity contribution in [3.63, 3.8) is 0 Å². The Balaban J connectivity index is 1.56. The van der Waals surface area contributed by atoms with Gasteiger partial charge in [-0.15, -0.1) is 0 Å². The number of nitrogens with zero attached hydrogens (tertiary/aromatic N) is 2. The number of benzene rings is 2. The van der Waals surface area contributed by atoms with Crippen LogP contribution in [0.15, 0.2) is 54.6 Å². The zero-order valence-electron chi connectivity index (χ0n) is 20.5. The molecular formula is C28H34N4O3. The summed E-state index contributed by atoms with van der Waals surface area (Å²) in [6.07, 6.45) is 5.43. The molecule has 184 valence electrons. The molecule has 1 aliphatic rings. The number of carbonyl (C=O) groups is 2. The van der Waals surface area contributed by atoms with E-state index in [1.165, 1.54) is 4.68 Å². The second-order valence-corrected chi connectivity index (χ2v) is 9.69. The molecule has 1 aromatic heterocycles. The summed E-state index contributed by atoms with van der Waals surface area (Å²) < 4.78 is 1.46. The van der Waals surface area contributed by atoms with Crippen LogP contribution in [0.2, 0.25) is 0 Å². The Bertz CT molecular complexity index is 1160. The van der Waals surface area contributed by atoms with Crippen molar-refractivity contribution in [2.75, 3.05) is 11.9 Å². The van der Waals surface area contributed by atoms with E-state index in [1.807, 2.05) is 50.2 Å². The zero-order chi connectivity index (χ0) is 24.8. The van der Waals surface area contributed by atoms with Crippen molar-refractivity contribution in [3.05, 3.63) is 65.9 Å². The van der Waals surface area contributed by atoms with Crippen molar-refractivity contribution < 1.29 is 14.7 Å². The Hall–Kier alpha value is -3.61. The summed E-state index contributed by atoms with van der Waals surface area (Å²) in [6, 6.07) is 16.6. The Morgan fingerprint density at radius 1 is 1.09 bits per heavy atom. The molecule has 0 bridgehead atoms. The first kappa shape index (κ1) is 24.5. The first-order chi connectivity index (χ1) is 16.9. The minimum Gasteiger partial charge on any atom is -0.507 e. The maximum atomic E-state index is 13.1. The summed E-state index contributed by atoms with van der Waals surface area (Å²) in [5.74, 6) is 0.481. The Morgan fingerprint density at radius 2 is 1.83 bits per heavy atom. The van der Waals surface area contributed by atoms with Gasteiger partial charge >= 0.3 is 6.03 Å². The van der Waals surface area contributed by atoms with Crippen LogP contribution in [0.3, 0.4) is 0 Å². The van der Waals surface area contributed by atoms with E-state index in [4.69, 9.17) is 0 Å². The number of phenols is 1. The van der Waals surface area contributed by atoms with Crippen LogP contribution < -0.4 is 10.6 Å². The van der Waals surface area contributed by atoms with Crippen LogP contribution in [0.25, 0.3) is 11.3 Å². The third-order valence-corrected chi connectivity index (χ3v) is 6.39. The fourth-order valence-electron chi connectivity index (χ4n) is 4.64. The monoisotopic (exact) mass is 474 g/mol. The van der Waals surface area contributed by atoms with Crippen LogP contribution in [-0.4, -0.2) is 33.4 Å². The van der Waals surface area contributed by atoms with Crippen molar-refractivity contribution in [1.29, 1.82) is 0 Å². The van der Waals surface area contributed by atoms with Crippen molar-refractivity contribution in [2.45, 2.75) is 58.3 Å². The second kappa shape index (κ2) is 11.2. The van der Waals surface area contributed by atoms with E-state index in [1.54, 1.807) is 18.2 Å². The van der Waals surface area contributed by atoms with E-state index in [2.05, 4.69) is 15.7 Å². The second-order valence-electron chi connectivity index (χ2n) is 9.69. The number of phenolic OH excluding ortho intramolecular Hbond substituents is 1. The van der Waals surface area contributed by atoms with E-state index < -0.39 is 0 Å². The molecule has 0 spiro atoms. The van der Waals surface area contributed by atoms with Gasteiger partial charge in [-0.3, -0.25) is 4.79 Å². The zero-order valence-corrected chi connectivity index (χ0v) is 20.5. The molecule has 4 rings (SSSR count). The highest BCUT2D eigenvalue weighted by Crippen LogP contribution is 2.38. The summed E-state index contributed by atoms with van der Waals surface area (Å²) in [4.78, 5) is 25.4. The smallest absolute Gasteiger partial charge is 0.342 e. The highest BCUT2D eigenvalue weighted by molar-refractivity contribution is 5.92. The predicted molar refractivity (Wildman–Crippen MR) is 138 cm³/mol. The number of anilines is 1. The van der Waals surface area contributed by atoms with E-state index in [9.17, 15) is 14.7 Å². The normalized spacial score (nSPS) is 13.8. The van der Waals surface area contributed by atoms with Crippen molar-refractivity contribution in [3.8, 4) is 17.0 Å². The average molecular weight is 475 g/mol. The standard InChI is InChI=1S/C28H34N4O3/c1-19(2)16-27(34)30-22-12-13-26(33)23(17-22)24-18-25(21-10-6-7-11-21)32(31-24)28(35)29-15-14-20-8-4-3-5-9-20/h3-5,8-9,12-13,17-19,21,33H,6-7,10-11,14-16H2,1-2H3,(H,29,35)(H,30,34). The number of amides is 2. The number of carbonyl (C=O) groups excluding carboxylic acids is 2. The number of hydrogen-bond donors (Lipinski definition) is 3. The lowest BCUT2D eigenvalue weighted by Crippen LogP contribution is -2.32. The number of aromatic nitrogens is 2. The number of rotatable bonds is 8. The molecule has 7 heteroatoms. The summed E-state index contributed by atoms with van der Waals surface area (Å²) >= 11 is 0. The average Bonchev–Trinajstić information content (AvgIpc) is 3.50. The van der Waals surface area contributed by atoms with Gasteiger partial charge in [-0.2, -0.15) is 9.78 Å². The lowest BCUT2D eigenvalue weighted by atomic mass is 10.0. The molecule has 2 aromatic carbocycles. The van der Waals surface area contributed by atoms with Gasteiger partial charge in [0.15, 0.2) is 0 Å². The molecule has 7 nitrogen and oxygen atoms in total. The van der Waals surface area contributed by atoms with Crippen molar-refractivity contribution in [2.24, 2.45) is 5.92 Å². The maximum absolute atomic E-state index is 13.1. The van der Waals surface area contributed by atoms with Gasteiger partial charge in [-0.1, -0.05) is 57.0 Å². The van der Waals surface area contributed by atoms with Crippen LogP contribution in [0, 0.1) is 5.92 Å². The number of nitrogens with one attached hydrogen (secondary N) is 2. The van der Waals surface area contributed by atoms with E-state index in [0.717, 1.165) is 43.4 Å². The molecular weight excluding hydrogens is 440 g/mol. The molecule has 35 heavy (non-hydrogen) atoms. The molecule has 3 aromatic rings. The molecule has 2 amide bonds. The summed E-state index contributed by atoms with van der Waals surface area (Å²) in [5.41, 5.74) is 3.62. The summed E-state index contributed by atoms with van der Waals surface area (Å²) in [7, 11) is 0. The van der Waals surface area contributed by atoms with Gasteiger partial charge in [0, 0.05) is 30.1 Å². The topological polar surface area (TPSA) is 96.2 Å². The lowest BCUT2D eigenvalue weighted by molar-refractivity contribution is -0.116. The molecule has 3 N–H and O–H groups in total. The Kier molecular flexibility index (Phi) is 7.85. The van der Waals surface area contributed by atoms with E-state index in [0.29, 0.717) is 29.9 Å². The molecule has 0 radical (unpaired) electrons. The lowest BCUT2D eigenvalue weighted by Gasteiger charge is -2.12. The predicted octanol–water partition coefficient (Wildman–Crippen LogP) is 5.70. The maximum Gasteiger partial charge on any atom is 0.342 e. The third-order valence-electron chi connectivity index (χ3n) is 6.39. The van der Waals surface area contributed by atoms with Crippen LogP contribution in [0.5, 0.6) is 5.75 Å². The van der Waals surface area contributed by atoms with Crippen LogP contribution in [0.1, 0.15) is 63.1 Å². The molecule has 1 saturated carbocycles. The largest absolute Gasteiger partial charge is 0.507 e. The summed E-state index contributed by atoms with van der Waals surface area (Å²) in [6.45, 7) is 4.48. The van der Waals surface area contributed by atoms with Crippen LogP contribution in [-0.2, 0) is 11.2 Å². The van der Waals surface area contributed by atoms with Gasteiger partial charge < -0.3 is 15.7 Å². The quantitative estimate of drug-likeness (QED) is 0.365. The SMILES string of the molecule is CC(C)CC(=O)Nc1ccc(O)c(-c2cc(C3CCCC3)n(C(=O)NCCc3ccccc3)n2)c1. The van der Waals surface area contributed by atoms with Gasteiger partial charge in [0.25, 0.3) is 0 Å². The molecule has 1 fully saturated rings. The van der Waals surface area contributed by atoms with Gasteiger partial charge in [0.05, 0.1) is 11.4 Å². The summed E-state index contributed by atoms with van der Waals surface area (Å²) in [5, 5.41) is 21.1. The first-order valence-corrected chi connectivity index (χ1v) is 12.5. The molecule has 0 aliphatic heterocycles. The molecule has 1 heterocycles. The molecule has 0 unspecified atom stereocenters. The minimum absolute atomic E-state index is 0.0546. The van der Waals surface area contributed by atoms with Crippen molar-refractivity contribution >= 4 is 17.6 Å². The fraction of sp³-hybridized carbons (Fsp3) is 0.393. The van der Waals surface area contributed by atoms with E-state index >= 15 is 0 Å². The third kappa shape index (κ3) is 6.29. The van der Waals surface area contributed by atoms with Gasteiger partial charge in [0.1, 0.15) is 5.75 Å². The van der Waals surface area contributed by atoms with Gasteiger partial charge in [-0.05, 0) is 55.0 Å². The fourth-order valence-corrected chi connectivity index (χ4v) is 4.64. The molecule has 1 aliphatic carbocycles. The molecule has 0 atom stereocenters. The first-order valence-electron chi connectivity index (χ1n) is 12.5. The minimum atomic E-state index is -0.269. The van der Waals surface area contributed by atoms with Gasteiger partial charge in [-0.25, -0.2) is 4.79 Å². The van der Waals surface area contributed by atoms with E-state index in [-0.39, 0.29) is 29.5 Å². The Morgan fingerprint density at radius 3 is 2.54 bits per heavy atom. The molecule has 0 saturated heterocycles. The van der Waals surface area contributed by atoms with Crippen molar-refractivity contribution in [1.82, 2.24) is 15.1 Å². The number of aromatic hydroxyl groups is 1. The Labute approximate surface area is 206 Å². The van der Waals surface area contributed by atoms with Gasteiger partial charge in [0.2, 0.25) is 5.91 Å². The van der Waals surface area contributed by atoms with Crippen LogP contribution >= 0.6 is 0 Å². The van der Waals surface area contributed by atoms with Crippen LogP contribution in [0.4, 0.5) is 10.5 Å².